The van der Waals surface area contributed by atoms with Crippen LogP contribution in [-0.2, 0) is 33.3 Å². The fourth-order valence-corrected chi connectivity index (χ4v) is 3.76. The molecule has 0 radical (unpaired) electrons. The molecule has 37 heavy (non-hydrogen) atoms. The van der Waals surface area contributed by atoms with Crippen LogP contribution in [-0.4, -0.2) is 102 Å². The van der Waals surface area contributed by atoms with Gasteiger partial charge >= 0.3 is 18.0 Å². The number of carbonyl (C=O) groups excluding carboxylic acids is 3. The molecule has 1 aliphatic heterocycles. The van der Waals surface area contributed by atoms with E-state index in [-0.39, 0.29) is 56.3 Å². The maximum atomic E-state index is 12.9. The van der Waals surface area contributed by atoms with Gasteiger partial charge in [0.1, 0.15) is 11.2 Å². The van der Waals surface area contributed by atoms with Crippen molar-refractivity contribution in [2.45, 2.75) is 97.3 Å². The van der Waals surface area contributed by atoms with Crippen LogP contribution in [0.3, 0.4) is 0 Å². The molecule has 11 heteroatoms. The number of hydrogen-bond acceptors (Lipinski definition) is 8. The number of aliphatic carboxylic acids is 1. The Morgan fingerprint density at radius 1 is 0.811 bits per heavy atom. The lowest BCUT2D eigenvalue weighted by molar-refractivity contribution is -0.156. The van der Waals surface area contributed by atoms with E-state index < -0.39 is 17.2 Å². The second-order valence-corrected chi connectivity index (χ2v) is 11.1. The molecule has 1 rings (SSSR count). The van der Waals surface area contributed by atoms with Crippen molar-refractivity contribution in [1.29, 1.82) is 0 Å². The molecular weight excluding hydrogens is 484 g/mol. The van der Waals surface area contributed by atoms with Crippen LogP contribution in [0, 0.1) is 0 Å². The van der Waals surface area contributed by atoms with Gasteiger partial charge in [-0.05, 0) is 60.8 Å². The lowest BCUT2D eigenvalue weighted by Gasteiger charge is -2.39. The van der Waals surface area contributed by atoms with Gasteiger partial charge in [0.2, 0.25) is 5.91 Å². The molecule has 0 spiro atoms. The first kappa shape index (κ1) is 32.6. The molecule has 1 saturated heterocycles. The Bertz CT molecular complexity index is 735. The highest BCUT2D eigenvalue weighted by Gasteiger charge is 2.31. The van der Waals surface area contributed by atoms with Crippen LogP contribution in [0.15, 0.2) is 0 Å². The van der Waals surface area contributed by atoms with E-state index >= 15 is 0 Å². The number of ether oxygens (including phenoxy) is 4. The number of hydrogen-bond donors (Lipinski definition) is 1. The van der Waals surface area contributed by atoms with E-state index in [2.05, 4.69) is 0 Å². The van der Waals surface area contributed by atoms with Crippen molar-refractivity contribution in [1.82, 2.24) is 9.80 Å². The number of piperidine rings is 1. The third kappa shape index (κ3) is 15.5. The number of rotatable bonds is 14. The molecule has 2 amide bonds. The van der Waals surface area contributed by atoms with Crippen molar-refractivity contribution in [2.75, 3.05) is 46.1 Å². The molecular formula is C26H46N2O9. The number of amides is 2. The third-order valence-electron chi connectivity index (χ3n) is 5.38. The van der Waals surface area contributed by atoms with Crippen molar-refractivity contribution in [3.05, 3.63) is 0 Å². The summed E-state index contributed by atoms with van der Waals surface area (Å²) in [4.78, 5) is 51.2. The smallest absolute Gasteiger partial charge is 0.410 e. The minimum atomic E-state index is -0.931. The highest BCUT2D eigenvalue weighted by atomic mass is 16.6. The number of carboxylic acids is 1. The molecule has 1 N–H and O–H groups in total. The summed E-state index contributed by atoms with van der Waals surface area (Å²) in [5.74, 6) is -1.36. The van der Waals surface area contributed by atoms with Crippen LogP contribution in [0.5, 0.6) is 0 Å². The van der Waals surface area contributed by atoms with Gasteiger partial charge in [-0.15, -0.1) is 0 Å². The molecule has 0 atom stereocenters. The summed E-state index contributed by atoms with van der Waals surface area (Å²) in [6.07, 6.45) is 1.38. The van der Waals surface area contributed by atoms with Gasteiger partial charge < -0.3 is 33.9 Å². The van der Waals surface area contributed by atoms with Gasteiger partial charge in [-0.1, -0.05) is 0 Å². The summed E-state index contributed by atoms with van der Waals surface area (Å²) in [7, 11) is 0. The van der Waals surface area contributed by atoms with E-state index in [1.54, 1.807) is 9.80 Å². The standard InChI is InChI=1S/C26H46N2O9/c1-25(2,3)36-23(32)12-16-34-18-19-35-17-15-28(21(29)8-7-9-22(30)31)20-10-13-27(14-11-20)24(33)37-26(4,5)6/h20H,7-19H2,1-6H3,(H,30,31). The van der Waals surface area contributed by atoms with E-state index in [1.807, 2.05) is 41.5 Å². The van der Waals surface area contributed by atoms with Gasteiger partial charge in [-0.3, -0.25) is 14.4 Å². The Morgan fingerprint density at radius 3 is 1.92 bits per heavy atom. The van der Waals surface area contributed by atoms with Gasteiger partial charge in [0.25, 0.3) is 0 Å². The molecule has 0 saturated carbocycles. The van der Waals surface area contributed by atoms with Crippen LogP contribution >= 0.6 is 0 Å². The average Bonchev–Trinajstić information content (AvgIpc) is 2.75. The quantitative estimate of drug-likeness (QED) is 0.265. The normalized spacial score (nSPS) is 14.8. The van der Waals surface area contributed by atoms with Gasteiger partial charge in [-0.25, -0.2) is 4.79 Å². The van der Waals surface area contributed by atoms with Crippen molar-refractivity contribution in [2.24, 2.45) is 0 Å². The number of likely N-dealkylation sites (tertiary alicyclic amines) is 1. The fourth-order valence-electron chi connectivity index (χ4n) is 3.76. The molecule has 0 aromatic rings. The molecule has 0 bridgehead atoms. The maximum absolute atomic E-state index is 12.9. The van der Waals surface area contributed by atoms with E-state index in [9.17, 15) is 19.2 Å². The molecule has 0 unspecified atom stereocenters. The van der Waals surface area contributed by atoms with Crippen LogP contribution in [0.1, 0.15) is 80.1 Å². The predicted octanol–water partition coefficient (Wildman–Crippen LogP) is 3.23. The van der Waals surface area contributed by atoms with Crippen molar-refractivity contribution >= 4 is 23.9 Å². The second-order valence-electron chi connectivity index (χ2n) is 11.1. The molecule has 0 aromatic carbocycles. The number of carboxylic acid groups (broad SMARTS) is 1. The van der Waals surface area contributed by atoms with Crippen LogP contribution in [0.25, 0.3) is 0 Å². The van der Waals surface area contributed by atoms with E-state index in [0.29, 0.717) is 52.3 Å². The van der Waals surface area contributed by atoms with Crippen molar-refractivity contribution in [3.63, 3.8) is 0 Å². The fraction of sp³-hybridized carbons (Fsp3) is 0.846. The highest BCUT2D eigenvalue weighted by Crippen LogP contribution is 2.20. The lowest BCUT2D eigenvalue weighted by Crippen LogP contribution is -2.50. The van der Waals surface area contributed by atoms with E-state index in [1.165, 1.54) is 0 Å². The molecule has 1 heterocycles. The first-order valence-electron chi connectivity index (χ1n) is 13.0. The summed E-state index contributed by atoms with van der Waals surface area (Å²) >= 11 is 0. The van der Waals surface area contributed by atoms with Gasteiger partial charge in [0.15, 0.2) is 0 Å². The molecule has 214 valence electrons. The van der Waals surface area contributed by atoms with Crippen LogP contribution < -0.4 is 0 Å². The van der Waals surface area contributed by atoms with Gasteiger partial charge in [-0.2, -0.15) is 0 Å². The summed E-state index contributed by atoms with van der Waals surface area (Å²) in [5.41, 5.74) is -1.10. The SMILES string of the molecule is CC(C)(C)OC(=O)CCOCCOCCN(C(=O)CCCC(=O)O)C1CCN(C(=O)OC(C)(C)C)CC1. The number of carbonyl (C=O) groups is 4. The topological polar surface area (TPSA) is 132 Å². The lowest BCUT2D eigenvalue weighted by atomic mass is 10.0. The first-order valence-corrected chi connectivity index (χ1v) is 13.0. The average molecular weight is 531 g/mol. The maximum Gasteiger partial charge on any atom is 0.410 e. The first-order chi connectivity index (χ1) is 17.2. The van der Waals surface area contributed by atoms with E-state index in [4.69, 9.17) is 24.1 Å². The minimum absolute atomic E-state index is 0.0617. The second kappa shape index (κ2) is 15.8. The third-order valence-corrected chi connectivity index (χ3v) is 5.38. The Labute approximate surface area is 220 Å². The zero-order valence-electron chi connectivity index (χ0n) is 23.4. The van der Waals surface area contributed by atoms with Gasteiger partial charge in [0, 0.05) is 38.5 Å². The molecule has 1 fully saturated rings. The van der Waals surface area contributed by atoms with Crippen LogP contribution in [0.4, 0.5) is 4.79 Å². The summed E-state index contributed by atoms with van der Waals surface area (Å²) < 4.78 is 21.7. The summed E-state index contributed by atoms with van der Waals surface area (Å²) in [6, 6.07) is -0.0651. The predicted molar refractivity (Wildman–Crippen MR) is 136 cm³/mol. The summed E-state index contributed by atoms with van der Waals surface area (Å²) in [6.45, 7) is 13.4. The largest absolute Gasteiger partial charge is 0.481 e. The zero-order chi connectivity index (χ0) is 28.1. The molecule has 0 aliphatic carbocycles. The Balaban J connectivity index is 2.46. The van der Waals surface area contributed by atoms with E-state index in [0.717, 1.165) is 0 Å². The number of esters is 1. The Morgan fingerprint density at radius 2 is 1.38 bits per heavy atom. The minimum Gasteiger partial charge on any atom is -0.481 e. The van der Waals surface area contributed by atoms with Gasteiger partial charge in [0.05, 0.1) is 32.8 Å². The Kier molecular flexibility index (Phi) is 13.9. The molecule has 1 aliphatic rings. The van der Waals surface area contributed by atoms with Crippen molar-refractivity contribution < 1.29 is 43.2 Å². The summed E-state index contributed by atoms with van der Waals surface area (Å²) in [5, 5.41) is 8.89. The molecule has 11 nitrogen and oxygen atoms in total. The zero-order valence-corrected chi connectivity index (χ0v) is 23.4. The highest BCUT2D eigenvalue weighted by molar-refractivity contribution is 5.77. The Hall–Kier alpha value is -2.40. The number of nitrogens with zero attached hydrogens (tertiary/aromatic N) is 2. The van der Waals surface area contributed by atoms with Crippen molar-refractivity contribution in [3.8, 4) is 0 Å². The van der Waals surface area contributed by atoms with Crippen LogP contribution in [0.2, 0.25) is 0 Å². The molecule has 0 aromatic heterocycles. The monoisotopic (exact) mass is 530 g/mol.